The number of para-hydroxylation sites is 1. The highest BCUT2D eigenvalue weighted by Crippen LogP contribution is 2.45. The molecule has 0 bridgehead atoms. The van der Waals surface area contributed by atoms with Crippen molar-refractivity contribution in [2.75, 3.05) is 0 Å². The summed E-state index contributed by atoms with van der Waals surface area (Å²) in [5.41, 5.74) is 0.738. The molecule has 0 radical (unpaired) electrons. The van der Waals surface area contributed by atoms with E-state index in [-0.39, 0.29) is 29.5 Å². The van der Waals surface area contributed by atoms with Gasteiger partial charge in [0.1, 0.15) is 23.8 Å². The predicted molar refractivity (Wildman–Crippen MR) is 68.0 cm³/mol. The van der Waals surface area contributed by atoms with Crippen molar-refractivity contribution in [2.24, 2.45) is 0 Å². The normalized spacial score (nSPS) is 15.1. The van der Waals surface area contributed by atoms with Crippen molar-refractivity contribution < 1.29 is 32.6 Å². The summed E-state index contributed by atoms with van der Waals surface area (Å²) in [4.78, 5) is 4.14. The first-order chi connectivity index (χ1) is 10.5. The minimum absolute atomic E-state index is 0.127. The van der Waals surface area contributed by atoms with Crippen molar-refractivity contribution in [3.05, 3.63) is 35.6 Å². The highest BCUT2D eigenvalue weighted by Gasteiger charge is 2.35. The molecule has 3 rings (SSSR count). The van der Waals surface area contributed by atoms with Crippen LogP contribution in [0.3, 0.4) is 0 Å². The molecule has 1 aliphatic carbocycles. The summed E-state index contributed by atoms with van der Waals surface area (Å²) < 4.78 is 46.7. The second kappa shape index (κ2) is 5.62. The molecule has 1 saturated carbocycles. The van der Waals surface area contributed by atoms with Crippen LogP contribution in [0.25, 0.3) is 11.3 Å². The van der Waals surface area contributed by atoms with Crippen LogP contribution in [0.2, 0.25) is 0 Å². The van der Waals surface area contributed by atoms with E-state index < -0.39 is 6.36 Å². The number of ether oxygens (including phenoxy) is 1. The Labute approximate surface area is 123 Å². The van der Waals surface area contributed by atoms with Crippen molar-refractivity contribution >= 4 is 0 Å². The van der Waals surface area contributed by atoms with Crippen molar-refractivity contribution in [1.82, 2.24) is 5.16 Å². The smallest absolute Gasteiger partial charge is 0.405 e. The summed E-state index contributed by atoms with van der Waals surface area (Å²) in [6, 6.07) is 5.62. The fourth-order valence-corrected chi connectivity index (χ4v) is 2.28. The molecule has 8 heteroatoms. The Kier molecular flexibility index (Phi) is 3.79. The molecule has 0 unspecified atom stereocenters. The summed E-state index contributed by atoms with van der Waals surface area (Å²) in [6.45, 7) is -0.217. The number of alkyl halides is 3. The molecule has 1 aromatic carbocycles. The number of benzene rings is 1. The van der Waals surface area contributed by atoms with Crippen LogP contribution in [0, 0.1) is 0 Å². The highest BCUT2D eigenvalue weighted by molar-refractivity contribution is 5.70. The first-order valence-electron chi connectivity index (χ1n) is 6.59. The molecule has 1 aliphatic rings. The maximum Gasteiger partial charge on any atom is 0.573 e. The number of hydrogen-bond donors (Lipinski definition) is 1. The minimum Gasteiger partial charge on any atom is -0.405 e. The average Bonchev–Trinajstić information content (AvgIpc) is 3.20. The number of halogens is 3. The molecular weight excluding hydrogens is 303 g/mol. The molecule has 118 valence electrons. The van der Waals surface area contributed by atoms with Crippen molar-refractivity contribution in [3.63, 3.8) is 0 Å². The van der Waals surface area contributed by atoms with E-state index in [1.165, 1.54) is 18.2 Å². The van der Waals surface area contributed by atoms with Gasteiger partial charge in [-0.25, -0.2) is 4.89 Å². The van der Waals surface area contributed by atoms with Gasteiger partial charge in [-0.2, -0.15) is 0 Å². The summed E-state index contributed by atoms with van der Waals surface area (Å²) in [6.07, 6.45) is -2.99. The fraction of sp³-hybridized carbons (Fsp3) is 0.357. The molecule has 5 nitrogen and oxygen atoms in total. The Bertz CT molecular complexity index is 664. The SMILES string of the molecule is OOCc1c(-c2ccccc2OC(F)(F)F)noc1C1CC1. The van der Waals surface area contributed by atoms with Crippen LogP contribution in [0.15, 0.2) is 28.8 Å². The predicted octanol–water partition coefficient (Wildman–Crippen LogP) is 4.11. The van der Waals surface area contributed by atoms with Gasteiger partial charge in [0, 0.05) is 11.5 Å². The van der Waals surface area contributed by atoms with E-state index in [0.717, 1.165) is 12.8 Å². The van der Waals surface area contributed by atoms with E-state index in [9.17, 15) is 13.2 Å². The van der Waals surface area contributed by atoms with E-state index >= 15 is 0 Å². The molecule has 1 N–H and O–H groups in total. The quantitative estimate of drug-likeness (QED) is 0.664. The van der Waals surface area contributed by atoms with E-state index in [2.05, 4.69) is 14.8 Å². The molecule has 0 saturated heterocycles. The maximum absolute atomic E-state index is 12.5. The number of nitrogens with zero attached hydrogens (tertiary/aromatic N) is 1. The first kappa shape index (κ1) is 14.9. The molecule has 22 heavy (non-hydrogen) atoms. The van der Waals surface area contributed by atoms with Gasteiger partial charge in [0.2, 0.25) is 0 Å². The van der Waals surface area contributed by atoms with Crippen LogP contribution in [-0.2, 0) is 11.5 Å². The second-order valence-electron chi connectivity index (χ2n) is 4.97. The maximum atomic E-state index is 12.5. The van der Waals surface area contributed by atoms with Gasteiger partial charge in [-0.1, -0.05) is 17.3 Å². The zero-order chi connectivity index (χ0) is 15.7. The standard InChI is InChI=1S/C14H12F3NO4/c15-14(16,17)21-11-4-2-1-3-9(11)12-10(7-20-19)13(22-18-12)8-5-6-8/h1-4,8,19H,5-7H2. The largest absolute Gasteiger partial charge is 0.573 e. The van der Waals surface area contributed by atoms with Gasteiger partial charge in [0.05, 0.1) is 5.56 Å². The van der Waals surface area contributed by atoms with Gasteiger partial charge >= 0.3 is 6.36 Å². The third-order valence-corrected chi connectivity index (χ3v) is 3.34. The Balaban J connectivity index is 2.04. The minimum atomic E-state index is -4.81. The zero-order valence-electron chi connectivity index (χ0n) is 11.3. The molecule has 1 fully saturated rings. The van der Waals surface area contributed by atoms with Crippen LogP contribution in [0.1, 0.15) is 30.1 Å². The van der Waals surface area contributed by atoms with Gasteiger partial charge in [0.25, 0.3) is 0 Å². The lowest BCUT2D eigenvalue weighted by molar-refractivity contribution is -0.274. The Hall–Kier alpha value is -2.06. The van der Waals surface area contributed by atoms with E-state index in [1.54, 1.807) is 6.07 Å². The number of aromatic nitrogens is 1. The van der Waals surface area contributed by atoms with Crippen molar-refractivity contribution in [1.29, 1.82) is 0 Å². The lowest BCUT2D eigenvalue weighted by Gasteiger charge is -2.12. The first-order valence-corrected chi connectivity index (χ1v) is 6.59. The number of rotatable bonds is 5. The molecule has 1 aromatic heterocycles. The van der Waals surface area contributed by atoms with Crippen molar-refractivity contribution in [2.45, 2.75) is 31.7 Å². The van der Waals surface area contributed by atoms with Gasteiger partial charge in [-0.15, -0.1) is 13.2 Å². The monoisotopic (exact) mass is 315 g/mol. The molecule has 1 heterocycles. The average molecular weight is 315 g/mol. The summed E-state index contributed by atoms with van der Waals surface area (Å²) in [5.74, 6) is 0.317. The highest BCUT2D eigenvalue weighted by atomic mass is 19.4. The van der Waals surface area contributed by atoms with Crippen LogP contribution in [-0.4, -0.2) is 16.8 Å². The summed E-state index contributed by atoms with van der Waals surface area (Å²) in [7, 11) is 0. The third kappa shape index (κ3) is 3.07. The van der Waals surface area contributed by atoms with Crippen LogP contribution < -0.4 is 4.74 Å². The Morgan fingerprint density at radius 1 is 1.27 bits per heavy atom. The van der Waals surface area contributed by atoms with Gasteiger partial charge in [0.15, 0.2) is 0 Å². The Morgan fingerprint density at radius 3 is 2.64 bits per heavy atom. The molecule has 2 aromatic rings. The van der Waals surface area contributed by atoms with Gasteiger partial charge < -0.3 is 9.26 Å². The molecule has 0 atom stereocenters. The fourth-order valence-electron chi connectivity index (χ4n) is 2.28. The van der Waals surface area contributed by atoms with Gasteiger partial charge in [-0.05, 0) is 25.0 Å². The van der Waals surface area contributed by atoms with Crippen molar-refractivity contribution in [3.8, 4) is 17.0 Å². The van der Waals surface area contributed by atoms with Crippen LogP contribution in [0.5, 0.6) is 5.75 Å². The molecule has 0 spiro atoms. The summed E-state index contributed by atoms with van der Waals surface area (Å²) in [5, 5.41) is 12.6. The van der Waals surface area contributed by atoms with E-state index in [4.69, 9.17) is 9.78 Å². The lowest BCUT2D eigenvalue weighted by atomic mass is 10.0. The van der Waals surface area contributed by atoms with E-state index in [1.807, 2.05) is 0 Å². The van der Waals surface area contributed by atoms with E-state index in [0.29, 0.717) is 11.3 Å². The zero-order valence-corrected chi connectivity index (χ0v) is 11.3. The number of hydrogen-bond acceptors (Lipinski definition) is 5. The van der Waals surface area contributed by atoms with Gasteiger partial charge in [-0.3, -0.25) is 5.26 Å². The summed E-state index contributed by atoms with van der Waals surface area (Å²) >= 11 is 0. The topological polar surface area (TPSA) is 64.7 Å². The van der Waals surface area contributed by atoms with Crippen LogP contribution in [0.4, 0.5) is 13.2 Å². The molecule has 0 aliphatic heterocycles. The van der Waals surface area contributed by atoms with Crippen LogP contribution >= 0.6 is 0 Å². The Morgan fingerprint density at radius 2 is 2.00 bits per heavy atom. The molecular formula is C14H12F3NO4. The second-order valence-corrected chi connectivity index (χ2v) is 4.97. The lowest BCUT2D eigenvalue weighted by Crippen LogP contribution is -2.17. The molecule has 0 amide bonds. The third-order valence-electron chi connectivity index (χ3n) is 3.34.